The Kier molecular flexibility index (Phi) is 3.54. The number of aryl methyl sites for hydroxylation is 1. The number of aromatic nitrogens is 1. The van der Waals surface area contributed by atoms with Crippen LogP contribution in [0.25, 0.3) is 10.9 Å². The molecule has 0 unspecified atom stereocenters. The maximum absolute atomic E-state index is 13.6. The molecule has 0 bridgehead atoms. The van der Waals surface area contributed by atoms with Crippen LogP contribution in [0.3, 0.4) is 0 Å². The summed E-state index contributed by atoms with van der Waals surface area (Å²) in [6.07, 6.45) is 0. The second-order valence-electron chi connectivity index (χ2n) is 4.82. The number of aliphatic hydroxyl groups is 1. The molecule has 3 nitrogen and oxygen atoms in total. The van der Waals surface area contributed by atoms with Crippen molar-refractivity contribution >= 4 is 10.9 Å². The van der Waals surface area contributed by atoms with Gasteiger partial charge < -0.3 is 9.84 Å². The van der Waals surface area contributed by atoms with Crippen LogP contribution in [-0.2, 0) is 6.61 Å². The molecule has 0 saturated heterocycles. The van der Waals surface area contributed by atoms with Gasteiger partial charge in [0, 0.05) is 17.0 Å². The van der Waals surface area contributed by atoms with Crippen molar-refractivity contribution in [2.75, 3.05) is 0 Å². The third-order valence-corrected chi connectivity index (χ3v) is 3.29. The van der Waals surface area contributed by atoms with Gasteiger partial charge in [0.05, 0.1) is 12.1 Å². The van der Waals surface area contributed by atoms with Crippen molar-refractivity contribution in [2.45, 2.75) is 13.5 Å². The largest absolute Gasteiger partial charge is 0.439 e. The number of nitrogens with zero attached hydrogens (tertiary/aromatic N) is 1. The Labute approximate surface area is 121 Å². The van der Waals surface area contributed by atoms with Gasteiger partial charge in [0.1, 0.15) is 11.6 Å². The molecular formula is C17H14FNO2. The summed E-state index contributed by atoms with van der Waals surface area (Å²) in [5.41, 5.74) is 1.88. The zero-order valence-corrected chi connectivity index (χ0v) is 11.5. The zero-order chi connectivity index (χ0) is 14.8. The summed E-state index contributed by atoms with van der Waals surface area (Å²) in [6.45, 7) is 1.49. The number of hydrogen-bond acceptors (Lipinski definition) is 3. The highest BCUT2D eigenvalue weighted by Gasteiger charge is 2.09. The standard InChI is InChI=1S/C17H14FNO2/c1-11-6-7-14(9-15(11)18)21-17-13(10-20)8-12-4-2-3-5-16(12)19-17/h2-9,20H,10H2,1H3. The molecule has 1 aromatic heterocycles. The normalized spacial score (nSPS) is 10.8. The van der Waals surface area contributed by atoms with Gasteiger partial charge in [0.2, 0.25) is 5.88 Å². The summed E-state index contributed by atoms with van der Waals surface area (Å²) in [6, 6.07) is 14.0. The predicted octanol–water partition coefficient (Wildman–Crippen LogP) is 3.97. The number of rotatable bonds is 3. The molecule has 1 heterocycles. The third-order valence-electron chi connectivity index (χ3n) is 3.29. The molecule has 1 N–H and O–H groups in total. The van der Waals surface area contributed by atoms with E-state index in [0.29, 0.717) is 22.8 Å². The fourth-order valence-electron chi connectivity index (χ4n) is 2.09. The topological polar surface area (TPSA) is 42.4 Å². The van der Waals surface area contributed by atoms with Crippen molar-refractivity contribution in [1.29, 1.82) is 0 Å². The Morgan fingerprint density at radius 1 is 1.14 bits per heavy atom. The molecule has 0 aliphatic rings. The number of para-hydroxylation sites is 1. The Balaban J connectivity index is 2.04. The van der Waals surface area contributed by atoms with E-state index in [2.05, 4.69) is 4.98 Å². The Morgan fingerprint density at radius 3 is 2.71 bits per heavy atom. The smallest absolute Gasteiger partial charge is 0.225 e. The van der Waals surface area contributed by atoms with E-state index >= 15 is 0 Å². The molecule has 0 spiro atoms. The van der Waals surface area contributed by atoms with Crippen molar-refractivity contribution in [3.05, 3.63) is 65.5 Å². The van der Waals surface area contributed by atoms with Crippen LogP contribution < -0.4 is 4.74 Å². The Bertz CT molecular complexity index is 802. The third kappa shape index (κ3) is 2.71. The number of benzene rings is 2. The zero-order valence-electron chi connectivity index (χ0n) is 11.5. The molecule has 0 amide bonds. The van der Waals surface area contributed by atoms with Gasteiger partial charge in [-0.2, -0.15) is 0 Å². The molecule has 21 heavy (non-hydrogen) atoms. The van der Waals surface area contributed by atoms with Gasteiger partial charge >= 0.3 is 0 Å². The monoisotopic (exact) mass is 283 g/mol. The van der Waals surface area contributed by atoms with Gasteiger partial charge in [0.25, 0.3) is 0 Å². The predicted molar refractivity (Wildman–Crippen MR) is 78.9 cm³/mol. The lowest BCUT2D eigenvalue weighted by Crippen LogP contribution is -1.96. The average Bonchev–Trinajstić information content (AvgIpc) is 2.50. The van der Waals surface area contributed by atoms with Crippen molar-refractivity contribution in [3.8, 4) is 11.6 Å². The minimum Gasteiger partial charge on any atom is -0.439 e. The molecule has 4 heteroatoms. The lowest BCUT2D eigenvalue weighted by atomic mass is 10.1. The van der Waals surface area contributed by atoms with Crippen molar-refractivity contribution in [3.63, 3.8) is 0 Å². The van der Waals surface area contributed by atoms with Crippen molar-refractivity contribution < 1.29 is 14.2 Å². The Hall–Kier alpha value is -2.46. The lowest BCUT2D eigenvalue weighted by molar-refractivity contribution is 0.275. The number of fused-ring (bicyclic) bond motifs is 1. The number of pyridine rings is 1. The summed E-state index contributed by atoms with van der Waals surface area (Å²) in [5.74, 6) is 0.314. The quantitative estimate of drug-likeness (QED) is 0.791. The van der Waals surface area contributed by atoms with E-state index in [4.69, 9.17) is 4.74 Å². The summed E-state index contributed by atoms with van der Waals surface area (Å²) in [5, 5.41) is 10.4. The van der Waals surface area contributed by atoms with E-state index in [1.165, 1.54) is 6.07 Å². The van der Waals surface area contributed by atoms with Crippen LogP contribution in [-0.4, -0.2) is 10.1 Å². The molecule has 0 saturated carbocycles. The van der Waals surface area contributed by atoms with Gasteiger partial charge in [-0.25, -0.2) is 9.37 Å². The molecule has 0 fully saturated rings. The first-order chi connectivity index (χ1) is 10.2. The molecule has 3 aromatic rings. The first-order valence-electron chi connectivity index (χ1n) is 6.61. The summed E-state index contributed by atoms with van der Waals surface area (Å²) in [7, 11) is 0. The highest BCUT2D eigenvalue weighted by molar-refractivity contribution is 5.80. The second-order valence-corrected chi connectivity index (χ2v) is 4.82. The average molecular weight is 283 g/mol. The van der Waals surface area contributed by atoms with Gasteiger partial charge in [-0.1, -0.05) is 24.3 Å². The molecule has 106 valence electrons. The van der Waals surface area contributed by atoms with E-state index in [-0.39, 0.29) is 12.4 Å². The first kappa shape index (κ1) is 13.5. The number of halogens is 1. The van der Waals surface area contributed by atoms with E-state index < -0.39 is 0 Å². The molecule has 2 aromatic carbocycles. The van der Waals surface area contributed by atoms with Gasteiger partial charge in [0.15, 0.2) is 0 Å². The highest BCUT2D eigenvalue weighted by Crippen LogP contribution is 2.28. The molecular weight excluding hydrogens is 269 g/mol. The van der Waals surface area contributed by atoms with Crippen molar-refractivity contribution in [1.82, 2.24) is 4.98 Å². The van der Waals surface area contributed by atoms with Crippen LogP contribution in [0.5, 0.6) is 11.6 Å². The van der Waals surface area contributed by atoms with E-state index in [1.54, 1.807) is 19.1 Å². The van der Waals surface area contributed by atoms with E-state index in [9.17, 15) is 9.50 Å². The van der Waals surface area contributed by atoms with E-state index in [0.717, 1.165) is 10.9 Å². The number of aliphatic hydroxyl groups excluding tert-OH is 1. The summed E-state index contributed by atoms with van der Waals surface area (Å²) >= 11 is 0. The van der Waals surface area contributed by atoms with Crippen LogP contribution >= 0.6 is 0 Å². The fourth-order valence-corrected chi connectivity index (χ4v) is 2.09. The second kappa shape index (κ2) is 5.50. The van der Waals surface area contributed by atoms with Crippen LogP contribution in [0.4, 0.5) is 4.39 Å². The molecule has 0 radical (unpaired) electrons. The minimum atomic E-state index is -0.334. The molecule has 0 atom stereocenters. The SMILES string of the molecule is Cc1ccc(Oc2nc3ccccc3cc2CO)cc1F. The molecule has 3 rings (SSSR count). The van der Waals surface area contributed by atoms with Gasteiger partial charge in [-0.3, -0.25) is 0 Å². The maximum Gasteiger partial charge on any atom is 0.225 e. The van der Waals surface area contributed by atoms with Crippen LogP contribution in [0.2, 0.25) is 0 Å². The minimum absolute atomic E-state index is 0.193. The van der Waals surface area contributed by atoms with Crippen molar-refractivity contribution in [2.24, 2.45) is 0 Å². The highest BCUT2D eigenvalue weighted by atomic mass is 19.1. The Morgan fingerprint density at radius 2 is 1.95 bits per heavy atom. The fraction of sp³-hybridized carbons (Fsp3) is 0.118. The summed E-state index contributed by atoms with van der Waals surface area (Å²) < 4.78 is 19.2. The molecule has 0 aliphatic heterocycles. The maximum atomic E-state index is 13.6. The number of ether oxygens (including phenoxy) is 1. The lowest BCUT2D eigenvalue weighted by Gasteiger charge is -2.10. The van der Waals surface area contributed by atoms with Crippen LogP contribution in [0.1, 0.15) is 11.1 Å². The van der Waals surface area contributed by atoms with Crippen LogP contribution in [0.15, 0.2) is 48.5 Å². The molecule has 0 aliphatic carbocycles. The van der Waals surface area contributed by atoms with Crippen LogP contribution in [0, 0.1) is 12.7 Å². The number of hydrogen-bond donors (Lipinski definition) is 1. The summed E-state index contributed by atoms with van der Waals surface area (Å²) in [4.78, 5) is 4.39. The van der Waals surface area contributed by atoms with Gasteiger partial charge in [-0.15, -0.1) is 0 Å². The van der Waals surface area contributed by atoms with Gasteiger partial charge in [-0.05, 0) is 30.7 Å². The van der Waals surface area contributed by atoms with E-state index in [1.807, 2.05) is 30.3 Å². The first-order valence-corrected chi connectivity index (χ1v) is 6.61.